The second-order valence-electron chi connectivity index (χ2n) is 2.61. The molecule has 0 aliphatic heterocycles. The summed E-state index contributed by atoms with van der Waals surface area (Å²) in [6.07, 6.45) is 2.91. The van der Waals surface area contributed by atoms with E-state index in [-0.39, 0.29) is 0 Å². The number of nitrogens with zero attached hydrogens (tertiary/aromatic N) is 1. The molecule has 1 rings (SSSR count). The molecule has 3 heteroatoms. The van der Waals surface area contributed by atoms with E-state index in [0.717, 1.165) is 24.5 Å². The van der Waals surface area contributed by atoms with Crippen LogP contribution in [0.4, 0.5) is 11.5 Å². The molecule has 0 atom stereocenters. The van der Waals surface area contributed by atoms with E-state index >= 15 is 0 Å². The fourth-order valence-electron chi connectivity index (χ4n) is 0.936. The molecule has 1 heterocycles. The lowest BCUT2D eigenvalue weighted by Gasteiger charge is -2.05. The fraction of sp³-hybridized carbons (Fsp3) is 0.444. The van der Waals surface area contributed by atoms with Gasteiger partial charge in [0.05, 0.1) is 0 Å². The first-order chi connectivity index (χ1) is 5.86. The minimum atomic E-state index is 0.934. The summed E-state index contributed by atoms with van der Waals surface area (Å²) in [4.78, 5) is 4.17. The van der Waals surface area contributed by atoms with Gasteiger partial charge in [-0.25, -0.2) is 4.98 Å². The molecule has 3 nitrogen and oxygen atoms in total. The van der Waals surface area contributed by atoms with Crippen molar-refractivity contribution >= 4 is 11.5 Å². The van der Waals surface area contributed by atoms with Crippen molar-refractivity contribution in [3.8, 4) is 0 Å². The van der Waals surface area contributed by atoms with E-state index in [2.05, 4.69) is 22.5 Å². The van der Waals surface area contributed by atoms with Crippen LogP contribution in [0.5, 0.6) is 0 Å². The van der Waals surface area contributed by atoms with Crippen LogP contribution in [0.1, 0.15) is 13.3 Å². The fourth-order valence-corrected chi connectivity index (χ4v) is 0.936. The Morgan fingerprint density at radius 3 is 3.00 bits per heavy atom. The van der Waals surface area contributed by atoms with E-state index in [1.54, 1.807) is 6.20 Å². The standard InChI is InChI=1S/C9H15N3/c1-3-5-11-9-7-8(10-2)4-6-12-9/h4,6-7H,3,5H2,1-2H3,(H2,10,11,12). The highest BCUT2D eigenvalue weighted by atomic mass is 15.0. The van der Waals surface area contributed by atoms with Crippen molar-refractivity contribution in [1.82, 2.24) is 4.98 Å². The van der Waals surface area contributed by atoms with E-state index in [4.69, 9.17) is 0 Å². The third-order valence-corrected chi connectivity index (χ3v) is 1.60. The number of aromatic nitrogens is 1. The summed E-state index contributed by atoms with van der Waals surface area (Å²) in [6.45, 7) is 3.11. The van der Waals surface area contributed by atoms with E-state index < -0.39 is 0 Å². The van der Waals surface area contributed by atoms with E-state index in [1.807, 2.05) is 19.2 Å². The van der Waals surface area contributed by atoms with Crippen molar-refractivity contribution in [3.63, 3.8) is 0 Å². The molecule has 0 saturated carbocycles. The van der Waals surface area contributed by atoms with Crippen LogP contribution in [0.2, 0.25) is 0 Å². The summed E-state index contributed by atoms with van der Waals surface area (Å²) in [5.74, 6) is 0.934. The molecule has 0 fully saturated rings. The van der Waals surface area contributed by atoms with Crippen LogP contribution in [-0.2, 0) is 0 Å². The molecule has 0 bridgehead atoms. The third kappa shape index (κ3) is 2.42. The van der Waals surface area contributed by atoms with Crippen molar-refractivity contribution in [2.45, 2.75) is 13.3 Å². The van der Waals surface area contributed by atoms with Gasteiger partial charge in [-0.1, -0.05) is 6.92 Å². The Bertz CT molecular complexity index is 235. The molecule has 66 valence electrons. The second-order valence-corrected chi connectivity index (χ2v) is 2.61. The van der Waals surface area contributed by atoms with Crippen LogP contribution >= 0.6 is 0 Å². The van der Waals surface area contributed by atoms with Crippen LogP contribution in [0.3, 0.4) is 0 Å². The number of pyridine rings is 1. The molecular weight excluding hydrogens is 150 g/mol. The van der Waals surface area contributed by atoms with E-state index in [0.29, 0.717) is 0 Å². The van der Waals surface area contributed by atoms with Gasteiger partial charge in [0, 0.05) is 31.5 Å². The lowest BCUT2D eigenvalue weighted by atomic mass is 10.4. The van der Waals surface area contributed by atoms with Crippen molar-refractivity contribution in [2.75, 3.05) is 24.2 Å². The van der Waals surface area contributed by atoms with Crippen molar-refractivity contribution in [1.29, 1.82) is 0 Å². The lowest BCUT2D eigenvalue weighted by molar-refractivity contribution is 0.969. The van der Waals surface area contributed by atoms with Crippen molar-refractivity contribution in [3.05, 3.63) is 18.3 Å². The monoisotopic (exact) mass is 165 g/mol. The van der Waals surface area contributed by atoms with E-state index in [9.17, 15) is 0 Å². The Morgan fingerprint density at radius 2 is 2.33 bits per heavy atom. The first kappa shape index (κ1) is 8.84. The topological polar surface area (TPSA) is 37.0 Å². The summed E-state index contributed by atoms with van der Waals surface area (Å²) in [7, 11) is 1.90. The summed E-state index contributed by atoms with van der Waals surface area (Å²) >= 11 is 0. The van der Waals surface area contributed by atoms with Gasteiger partial charge in [-0.3, -0.25) is 0 Å². The highest BCUT2D eigenvalue weighted by molar-refractivity contribution is 5.51. The van der Waals surface area contributed by atoms with Gasteiger partial charge in [-0.15, -0.1) is 0 Å². The molecule has 0 radical (unpaired) electrons. The van der Waals surface area contributed by atoms with Gasteiger partial charge in [0.25, 0.3) is 0 Å². The quantitative estimate of drug-likeness (QED) is 0.716. The summed E-state index contributed by atoms with van der Waals surface area (Å²) < 4.78 is 0. The molecule has 0 aliphatic carbocycles. The van der Waals surface area contributed by atoms with Crippen LogP contribution in [0, 0.1) is 0 Å². The Balaban J connectivity index is 2.60. The van der Waals surface area contributed by atoms with Crippen molar-refractivity contribution in [2.24, 2.45) is 0 Å². The number of hydrogen-bond acceptors (Lipinski definition) is 3. The zero-order chi connectivity index (χ0) is 8.81. The highest BCUT2D eigenvalue weighted by Gasteiger charge is 1.92. The predicted molar refractivity (Wildman–Crippen MR) is 52.6 cm³/mol. The second kappa shape index (κ2) is 4.59. The van der Waals surface area contributed by atoms with Gasteiger partial charge in [0.1, 0.15) is 5.82 Å². The molecule has 0 spiro atoms. The summed E-state index contributed by atoms with van der Waals surface area (Å²) in [5, 5.41) is 6.28. The van der Waals surface area contributed by atoms with Crippen LogP contribution < -0.4 is 10.6 Å². The molecule has 0 aliphatic rings. The lowest BCUT2D eigenvalue weighted by Crippen LogP contribution is -2.02. The third-order valence-electron chi connectivity index (χ3n) is 1.60. The van der Waals surface area contributed by atoms with Gasteiger partial charge in [-0.2, -0.15) is 0 Å². The van der Waals surface area contributed by atoms with Crippen LogP contribution in [-0.4, -0.2) is 18.6 Å². The molecule has 0 aromatic carbocycles. The maximum absolute atomic E-state index is 4.17. The molecule has 12 heavy (non-hydrogen) atoms. The smallest absolute Gasteiger partial charge is 0.127 e. The molecule has 0 amide bonds. The maximum atomic E-state index is 4.17. The van der Waals surface area contributed by atoms with Gasteiger partial charge in [0.2, 0.25) is 0 Å². The molecule has 2 N–H and O–H groups in total. The molecular formula is C9H15N3. The van der Waals surface area contributed by atoms with Gasteiger partial charge in [-0.05, 0) is 12.5 Å². The number of rotatable bonds is 4. The Labute approximate surface area is 73.2 Å². The first-order valence-corrected chi connectivity index (χ1v) is 4.24. The highest BCUT2D eigenvalue weighted by Crippen LogP contribution is 2.10. The zero-order valence-corrected chi connectivity index (χ0v) is 7.59. The Kier molecular flexibility index (Phi) is 3.38. The van der Waals surface area contributed by atoms with Crippen LogP contribution in [0.25, 0.3) is 0 Å². The largest absolute Gasteiger partial charge is 0.388 e. The molecule has 1 aromatic heterocycles. The van der Waals surface area contributed by atoms with Gasteiger partial charge < -0.3 is 10.6 Å². The molecule has 0 saturated heterocycles. The Morgan fingerprint density at radius 1 is 1.50 bits per heavy atom. The summed E-state index contributed by atoms with van der Waals surface area (Å²) in [6, 6.07) is 3.94. The molecule has 1 aromatic rings. The van der Waals surface area contributed by atoms with E-state index in [1.165, 1.54) is 0 Å². The number of anilines is 2. The number of hydrogen-bond donors (Lipinski definition) is 2. The predicted octanol–water partition coefficient (Wildman–Crippen LogP) is 1.95. The zero-order valence-electron chi connectivity index (χ0n) is 7.59. The minimum Gasteiger partial charge on any atom is -0.388 e. The van der Waals surface area contributed by atoms with Gasteiger partial charge >= 0.3 is 0 Å². The molecule has 0 unspecified atom stereocenters. The summed E-state index contributed by atoms with van der Waals surface area (Å²) in [5.41, 5.74) is 1.09. The SMILES string of the molecule is CCCNc1cc(NC)ccn1. The minimum absolute atomic E-state index is 0.934. The Hall–Kier alpha value is -1.25. The average molecular weight is 165 g/mol. The maximum Gasteiger partial charge on any atom is 0.127 e. The van der Waals surface area contributed by atoms with Gasteiger partial charge in [0.15, 0.2) is 0 Å². The first-order valence-electron chi connectivity index (χ1n) is 4.24. The normalized spacial score (nSPS) is 9.50. The van der Waals surface area contributed by atoms with Crippen LogP contribution in [0.15, 0.2) is 18.3 Å². The number of nitrogens with one attached hydrogen (secondary N) is 2. The average Bonchev–Trinajstić information content (AvgIpc) is 2.15. The van der Waals surface area contributed by atoms with Crippen molar-refractivity contribution < 1.29 is 0 Å².